The standard InChI is InChI=1S/C17H14ClN/c1-11-6-7-12-4-2-3-5-14(12)17(11)15-9-8-13(18)10-16(15)19/h2-10H,19H2,1H3. The number of aryl methyl sites for hydroxylation is 1. The third kappa shape index (κ3) is 2.06. The SMILES string of the molecule is Cc1ccc2ccccc2c1-c1ccc(Cl)cc1N. The number of benzene rings is 3. The molecule has 2 heteroatoms. The van der Waals surface area contributed by atoms with Gasteiger partial charge in [-0.2, -0.15) is 0 Å². The predicted molar refractivity (Wildman–Crippen MR) is 83.5 cm³/mol. The van der Waals surface area contributed by atoms with E-state index >= 15 is 0 Å². The highest BCUT2D eigenvalue weighted by Gasteiger charge is 2.10. The number of rotatable bonds is 1. The van der Waals surface area contributed by atoms with Crippen LogP contribution in [0.25, 0.3) is 21.9 Å². The highest BCUT2D eigenvalue weighted by atomic mass is 35.5. The molecule has 2 N–H and O–H groups in total. The Morgan fingerprint density at radius 3 is 2.53 bits per heavy atom. The van der Waals surface area contributed by atoms with E-state index in [1.165, 1.54) is 21.9 Å². The summed E-state index contributed by atoms with van der Waals surface area (Å²) in [5.41, 5.74) is 10.3. The average molecular weight is 268 g/mol. The fraction of sp³-hybridized carbons (Fsp3) is 0.0588. The van der Waals surface area contributed by atoms with Crippen molar-refractivity contribution in [3.05, 3.63) is 65.2 Å². The molecule has 0 radical (unpaired) electrons. The first-order chi connectivity index (χ1) is 9.16. The van der Waals surface area contributed by atoms with Crippen molar-refractivity contribution in [3.8, 4) is 11.1 Å². The van der Waals surface area contributed by atoms with E-state index in [0.717, 1.165) is 5.56 Å². The molecule has 19 heavy (non-hydrogen) atoms. The molecule has 0 saturated carbocycles. The molecule has 94 valence electrons. The van der Waals surface area contributed by atoms with Crippen molar-refractivity contribution in [1.29, 1.82) is 0 Å². The van der Waals surface area contributed by atoms with Crippen molar-refractivity contribution in [2.75, 3.05) is 5.73 Å². The van der Waals surface area contributed by atoms with Gasteiger partial charge in [-0.1, -0.05) is 54.1 Å². The lowest BCUT2D eigenvalue weighted by atomic mass is 9.93. The molecule has 1 nitrogen and oxygen atoms in total. The molecule has 0 unspecified atom stereocenters. The molecule has 0 atom stereocenters. The zero-order valence-corrected chi connectivity index (χ0v) is 11.4. The van der Waals surface area contributed by atoms with Gasteiger partial charge in [0.2, 0.25) is 0 Å². The molecule has 0 heterocycles. The van der Waals surface area contributed by atoms with Crippen molar-refractivity contribution in [2.24, 2.45) is 0 Å². The lowest BCUT2D eigenvalue weighted by Crippen LogP contribution is -1.93. The fourth-order valence-corrected chi connectivity index (χ4v) is 2.68. The molecule has 0 aromatic heterocycles. The Bertz CT molecular complexity index is 762. The van der Waals surface area contributed by atoms with E-state index < -0.39 is 0 Å². The molecule has 0 aliphatic heterocycles. The number of nitrogen functional groups attached to an aromatic ring is 1. The van der Waals surface area contributed by atoms with Gasteiger partial charge in [0.25, 0.3) is 0 Å². The third-order valence-electron chi connectivity index (χ3n) is 3.42. The van der Waals surface area contributed by atoms with E-state index in [0.29, 0.717) is 10.7 Å². The Hall–Kier alpha value is -1.99. The summed E-state index contributed by atoms with van der Waals surface area (Å²) < 4.78 is 0. The number of halogens is 1. The van der Waals surface area contributed by atoms with Gasteiger partial charge in [-0.15, -0.1) is 0 Å². The van der Waals surface area contributed by atoms with E-state index in [9.17, 15) is 0 Å². The summed E-state index contributed by atoms with van der Waals surface area (Å²) in [6.45, 7) is 2.11. The van der Waals surface area contributed by atoms with Gasteiger partial charge in [0.1, 0.15) is 0 Å². The van der Waals surface area contributed by atoms with Crippen LogP contribution in [0, 0.1) is 6.92 Å². The van der Waals surface area contributed by atoms with Gasteiger partial charge >= 0.3 is 0 Å². The maximum absolute atomic E-state index is 6.13. The molecule has 0 saturated heterocycles. The monoisotopic (exact) mass is 267 g/mol. The average Bonchev–Trinajstić information content (AvgIpc) is 2.40. The Labute approximate surface area is 117 Å². The predicted octanol–water partition coefficient (Wildman–Crippen LogP) is 5.05. The zero-order valence-electron chi connectivity index (χ0n) is 10.7. The number of anilines is 1. The van der Waals surface area contributed by atoms with Crippen LogP contribution in [-0.2, 0) is 0 Å². The van der Waals surface area contributed by atoms with Crippen LogP contribution < -0.4 is 5.73 Å². The normalized spacial score (nSPS) is 10.8. The van der Waals surface area contributed by atoms with Gasteiger partial charge in [0.15, 0.2) is 0 Å². The molecule has 0 spiro atoms. The fourth-order valence-electron chi connectivity index (χ4n) is 2.50. The van der Waals surface area contributed by atoms with Crippen LogP contribution in [-0.4, -0.2) is 0 Å². The lowest BCUT2D eigenvalue weighted by Gasteiger charge is -2.13. The first kappa shape index (κ1) is 12.1. The highest BCUT2D eigenvalue weighted by molar-refractivity contribution is 6.31. The summed E-state index contributed by atoms with van der Waals surface area (Å²) in [4.78, 5) is 0. The second kappa shape index (κ2) is 4.60. The maximum Gasteiger partial charge on any atom is 0.0426 e. The van der Waals surface area contributed by atoms with Gasteiger partial charge in [0.05, 0.1) is 0 Å². The topological polar surface area (TPSA) is 26.0 Å². The van der Waals surface area contributed by atoms with Crippen LogP contribution in [0.15, 0.2) is 54.6 Å². The third-order valence-corrected chi connectivity index (χ3v) is 3.66. The Kier molecular flexibility index (Phi) is 2.92. The van der Waals surface area contributed by atoms with Crippen LogP contribution in [0.2, 0.25) is 5.02 Å². The van der Waals surface area contributed by atoms with Crippen LogP contribution in [0.4, 0.5) is 5.69 Å². The number of hydrogen-bond donors (Lipinski definition) is 1. The molecule has 0 aliphatic carbocycles. The summed E-state index contributed by atoms with van der Waals surface area (Å²) in [5, 5.41) is 3.10. The minimum absolute atomic E-state index is 0.666. The summed E-state index contributed by atoms with van der Waals surface area (Å²) in [6, 6.07) is 18.3. The van der Waals surface area contributed by atoms with Crippen LogP contribution >= 0.6 is 11.6 Å². The Morgan fingerprint density at radius 1 is 0.947 bits per heavy atom. The van der Waals surface area contributed by atoms with Gasteiger partial charge < -0.3 is 5.73 Å². The maximum atomic E-state index is 6.13. The molecular weight excluding hydrogens is 254 g/mol. The zero-order chi connectivity index (χ0) is 13.4. The van der Waals surface area contributed by atoms with E-state index in [4.69, 9.17) is 17.3 Å². The van der Waals surface area contributed by atoms with Crippen molar-refractivity contribution in [3.63, 3.8) is 0 Å². The van der Waals surface area contributed by atoms with Crippen LogP contribution in [0.5, 0.6) is 0 Å². The molecule has 3 aromatic rings. The van der Waals surface area contributed by atoms with Crippen molar-refractivity contribution >= 4 is 28.1 Å². The molecule has 0 aliphatic rings. The summed E-state index contributed by atoms with van der Waals surface area (Å²) in [7, 11) is 0. The van der Waals surface area contributed by atoms with Gasteiger partial charge in [-0.05, 0) is 41.0 Å². The molecule has 0 bridgehead atoms. The van der Waals surface area contributed by atoms with Crippen LogP contribution in [0.3, 0.4) is 0 Å². The Morgan fingerprint density at radius 2 is 1.74 bits per heavy atom. The van der Waals surface area contributed by atoms with Crippen LogP contribution in [0.1, 0.15) is 5.56 Å². The van der Waals surface area contributed by atoms with E-state index in [1.807, 2.05) is 18.2 Å². The summed E-state index contributed by atoms with van der Waals surface area (Å²) in [5.74, 6) is 0. The van der Waals surface area contributed by atoms with Crippen molar-refractivity contribution < 1.29 is 0 Å². The first-order valence-corrected chi connectivity index (χ1v) is 6.58. The molecule has 3 aromatic carbocycles. The molecule has 3 rings (SSSR count). The number of hydrogen-bond acceptors (Lipinski definition) is 1. The second-order valence-electron chi connectivity index (χ2n) is 4.71. The second-order valence-corrected chi connectivity index (χ2v) is 5.15. The van der Waals surface area contributed by atoms with Gasteiger partial charge in [-0.3, -0.25) is 0 Å². The molecule has 0 fully saturated rings. The minimum Gasteiger partial charge on any atom is -0.398 e. The van der Waals surface area contributed by atoms with E-state index in [-0.39, 0.29) is 0 Å². The lowest BCUT2D eigenvalue weighted by molar-refractivity contribution is 1.49. The van der Waals surface area contributed by atoms with E-state index in [2.05, 4.69) is 37.3 Å². The smallest absolute Gasteiger partial charge is 0.0426 e. The molecule has 0 amide bonds. The summed E-state index contributed by atoms with van der Waals surface area (Å²) >= 11 is 5.98. The quantitative estimate of drug-likeness (QED) is 0.614. The Balaban J connectivity index is 2.38. The van der Waals surface area contributed by atoms with Gasteiger partial charge in [-0.25, -0.2) is 0 Å². The molecular formula is C17H14ClN. The summed E-state index contributed by atoms with van der Waals surface area (Å²) in [6.07, 6.45) is 0. The highest BCUT2D eigenvalue weighted by Crippen LogP contribution is 2.36. The minimum atomic E-state index is 0.666. The van der Waals surface area contributed by atoms with Crippen molar-refractivity contribution in [2.45, 2.75) is 6.92 Å². The number of fused-ring (bicyclic) bond motifs is 1. The number of nitrogens with two attached hydrogens (primary N) is 1. The van der Waals surface area contributed by atoms with Crippen molar-refractivity contribution in [1.82, 2.24) is 0 Å². The van der Waals surface area contributed by atoms with E-state index in [1.54, 1.807) is 6.07 Å². The first-order valence-electron chi connectivity index (χ1n) is 6.20. The van der Waals surface area contributed by atoms with Gasteiger partial charge in [0, 0.05) is 16.3 Å². The largest absolute Gasteiger partial charge is 0.398 e.